The number of nitrogens with one attached hydrogen (secondary N) is 1. The molecule has 1 heterocycles. The zero-order chi connectivity index (χ0) is 15.9. The molecule has 0 saturated carbocycles. The molecule has 0 spiro atoms. The van der Waals surface area contributed by atoms with E-state index in [2.05, 4.69) is 10.2 Å². The molecule has 0 radical (unpaired) electrons. The highest BCUT2D eigenvalue weighted by Crippen LogP contribution is 2.05. The third-order valence-electron chi connectivity index (χ3n) is 3.28. The molecule has 0 unspecified atom stereocenters. The first-order valence-corrected chi connectivity index (χ1v) is 7.29. The van der Waals surface area contributed by atoms with Gasteiger partial charge in [-0.15, -0.1) is 0 Å². The second-order valence-corrected chi connectivity index (χ2v) is 5.37. The van der Waals surface area contributed by atoms with E-state index in [1.54, 1.807) is 12.3 Å². The molecule has 1 amide bonds. The molecule has 0 fully saturated rings. The third kappa shape index (κ3) is 4.30. The van der Waals surface area contributed by atoms with Crippen molar-refractivity contribution in [2.24, 2.45) is 0 Å². The summed E-state index contributed by atoms with van der Waals surface area (Å²) >= 11 is 0. The first kappa shape index (κ1) is 16.0. The normalized spacial score (nSPS) is 10.7. The van der Waals surface area contributed by atoms with Gasteiger partial charge in [-0.1, -0.05) is 18.2 Å². The highest BCUT2D eigenvalue weighted by Gasteiger charge is 2.08. The predicted octanol–water partition coefficient (Wildman–Crippen LogP) is 1.52. The van der Waals surface area contributed by atoms with Crippen molar-refractivity contribution in [3.05, 3.63) is 64.6 Å². The summed E-state index contributed by atoms with van der Waals surface area (Å²) in [5.74, 6) is -0.163. The Hall–Kier alpha value is -2.40. The SMILES string of the molecule is CN(C)CCCNC(=O)c1ccc(=O)n(-c2ccccc2)c1. The highest BCUT2D eigenvalue weighted by atomic mass is 16.2. The van der Waals surface area contributed by atoms with E-state index >= 15 is 0 Å². The first-order chi connectivity index (χ1) is 10.6. The number of carbonyl (C=O) groups is 1. The lowest BCUT2D eigenvalue weighted by Crippen LogP contribution is -2.28. The maximum atomic E-state index is 12.1. The van der Waals surface area contributed by atoms with Crippen molar-refractivity contribution in [3.8, 4) is 5.69 Å². The zero-order valence-corrected chi connectivity index (χ0v) is 13.0. The fraction of sp³-hybridized carbons (Fsp3) is 0.294. The largest absolute Gasteiger partial charge is 0.352 e. The first-order valence-electron chi connectivity index (χ1n) is 7.29. The number of para-hydroxylation sites is 1. The smallest absolute Gasteiger partial charge is 0.255 e. The topological polar surface area (TPSA) is 54.3 Å². The third-order valence-corrected chi connectivity index (χ3v) is 3.28. The second-order valence-electron chi connectivity index (χ2n) is 5.37. The van der Waals surface area contributed by atoms with E-state index in [-0.39, 0.29) is 11.5 Å². The molecule has 5 nitrogen and oxygen atoms in total. The van der Waals surface area contributed by atoms with E-state index in [0.29, 0.717) is 12.1 Å². The number of rotatable bonds is 6. The zero-order valence-electron chi connectivity index (χ0n) is 13.0. The summed E-state index contributed by atoms with van der Waals surface area (Å²) in [7, 11) is 4.00. The number of hydrogen-bond acceptors (Lipinski definition) is 3. The molecule has 1 N–H and O–H groups in total. The van der Waals surface area contributed by atoms with Crippen LogP contribution in [0.3, 0.4) is 0 Å². The summed E-state index contributed by atoms with van der Waals surface area (Å²) < 4.78 is 1.48. The molecule has 0 aliphatic heterocycles. The van der Waals surface area contributed by atoms with E-state index < -0.39 is 0 Å². The Balaban J connectivity index is 2.09. The number of carbonyl (C=O) groups excluding carboxylic acids is 1. The van der Waals surface area contributed by atoms with Gasteiger partial charge in [0.25, 0.3) is 11.5 Å². The van der Waals surface area contributed by atoms with Gasteiger partial charge in [0, 0.05) is 24.5 Å². The van der Waals surface area contributed by atoms with Crippen LogP contribution in [0.4, 0.5) is 0 Å². The Morgan fingerprint density at radius 1 is 1.14 bits per heavy atom. The molecule has 2 aromatic rings. The molecule has 0 atom stereocenters. The molecule has 116 valence electrons. The summed E-state index contributed by atoms with van der Waals surface area (Å²) in [6, 6.07) is 12.2. The van der Waals surface area contributed by atoms with E-state index in [4.69, 9.17) is 0 Å². The molecule has 2 rings (SSSR count). The number of nitrogens with zero attached hydrogens (tertiary/aromatic N) is 2. The van der Waals surface area contributed by atoms with Gasteiger partial charge in [-0.05, 0) is 45.3 Å². The summed E-state index contributed by atoms with van der Waals surface area (Å²) in [5, 5.41) is 2.87. The molecule has 0 aliphatic rings. The van der Waals surface area contributed by atoms with Crippen LogP contribution in [0.2, 0.25) is 0 Å². The Morgan fingerprint density at radius 3 is 2.55 bits per heavy atom. The molecule has 0 saturated heterocycles. The lowest BCUT2D eigenvalue weighted by molar-refractivity contribution is 0.0951. The molecular formula is C17H21N3O2. The van der Waals surface area contributed by atoms with Crippen molar-refractivity contribution in [1.82, 2.24) is 14.8 Å². The van der Waals surface area contributed by atoms with Gasteiger partial charge in [0.2, 0.25) is 0 Å². The van der Waals surface area contributed by atoms with Crippen LogP contribution in [-0.2, 0) is 0 Å². The summed E-state index contributed by atoms with van der Waals surface area (Å²) in [4.78, 5) is 26.2. The summed E-state index contributed by atoms with van der Waals surface area (Å²) in [5.41, 5.74) is 1.07. The number of aromatic nitrogens is 1. The summed E-state index contributed by atoms with van der Waals surface area (Å²) in [6.45, 7) is 1.53. The molecule has 1 aromatic heterocycles. The molecule has 5 heteroatoms. The van der Waals surface area contributed by atoms with Crippen molar-refractivity contribution in [1.29, 1.82) is 0 Å². The summed E-state index contributed by atoms with van der Waals surface area (Å²) in [6.07, 6.45) is 2.47. The van der Waals surface area contributed by atoms with Crippen LogP contribution in [0, 0.1) is 0 Å². The molecule has 0 aliphatic carbocycles. The van der Waals surface area contributed by atoms with Crippen LogP contribution in [0.25, 0.3) is 5.69 Å². The standard InChI is InChI=1S/C17H21N3O2/c1-19(2)12-6-11-18-17(22)14-9-10-16(21)20(13-14)15-7-4-3-5-8-15/h3-5,7-10,13H,6,11-12H2,1-2H3,(H,18,22). The molecule has 0 bridgehead atoms. The van der Waals surface area contributed by atoms with Crippen LogP contribution in [-0.4, -0.2) is 42.6 Å². The average Bonchev–Trinajstić information content (AvgIpc) is 2.52. The Labute approximate surface area is 130 Å². The molecule has 22 heavy (non-hydrogen) atoms. The highest BCUT2D eigenvalue weighted by molar-refractivity contribution is 5.93. The fourth-order valence-corrected chi connectivity index (χ4v) is 2.11. The van der Waals surface area contributed by atoms with Gasteiger partial charge in [0.1, 0.15) is 0 Å². The van der Waals surface area contributed by atoms with Crippen molar-refractivity contribution >= 4 is 5.91 Å². The van der Waals surface area contributed by atoms with Gasteiger partial charge in [-0.25, -0.2) is 0 Å². The van der Waals surface area contributed by atoms with Crippen LogP contribution in [0.5, 0.6) is 0 Å². The van der Waals surface area contributed by atoms with Crippen molar-refractivity contribution in [3.63, 3.8) is 0 Å². The number of benzene rings is 1. The second kappa shape index (κ2) is 7.56. The lowest BCUT2D eigenvalue weighted by Gasteiger charge is -2.11. The minimum atomic E-state index is -0.163. The van der Waals surface area contributed by atoms with E-state index in [1.807, 2.05) is 44.4 Å². The van der Waals surface area contributed by atoms with E-state index in [1.165, 1.54) is 10.6 Å². The van der Waals surface area contributed by atoms with Gasteiger partial charge < -0.3 is 10.2 Å². The average molecular weight is 299 g/mol. The minimum absolute atomic E-state index is 0.157. The van der Waals surface area contributed by atoms with Crippen LogP contribution >= 0.6 is 0 Å². The van der Waals surface area contributed by atoms with E-state index in [0.717, 1.165) is 18.7 Å². The Kier molecular flexibility index (Phi) is 5.49. The van der Waals surface area contributed by atoms with Crippen molar-refractivity contribution < 1.29 is 4.79 Å². The Bertz CT molecular complexity index is 678. The fourth-order valence-electron chi connectivity index (χ4n) is 2.11. The van der Waals surface area contributed by atoms with Gasteiger partial charge >= 0.3 is 0 Å². The van der Waals surface area contributed by atoms with E-state index in [9.17, 15) is 9.59 Å². The number of amides is 1. The maximum Gasteiger partial charge on any atom is 0.255 e. The molecule has 1 aromatic carbocycles. The van der Waals surface area contributed by atoms with Gasteiger partial charge in [0.15, 0.2) is 0 Å². The number of pyridine rings is 1. The van der Waals surface area contributed by atoms with Gasteiger partial charge in [-0.2, -0.15) is 0 Å². The van der Waals surface area contributed by atoms with Gasteiger partial charge in [-0.3, -0.25) is 14.2 Å². The van der Waals surface area contributed by atoms with Crippen molar-refractivity contribution in [2.45, 2.75) is 6.42 Å². The van der Waals surface area contributed by atoms with Gasteiger partial charge in [0.05, 0.1) is 5.56 Å². The lowest BCUT2D eigenvalue weighted by atomic mass is 10.2. The van der Waals surface area contributed by atoms with Crippen molar-refractivity contribution in [2.75, 3.05) is 27.2 Å². The Morgan fingerprint density at radius 2 is 1.86 bits per heavy atom. The molecular weight excluding hydrogens is 278 g/mol. The van der Waals surface area contributed by atoms with Crippen LogP contribution < -0.4 is 10.9 Å². The monoisotopic (exact) mass is 299 g/mol. The maximum absolute atomic E-state index is 12.1. The van der Waals surface area contributed by atoms with Crippen LogP contribution in [0.15, 0.2) is 53.5 Å². The van der Waals surface area contributed by atoms with Crippen LogP contribution in [0.1, 0.15) is 16.8 Å². The number of hydrogen-bond donors (Lipinski definition) is 1. The predicted molar refractivity (Wildman–Crippen MR) is 87.5 cm³/mol. The quantitative estimate of drug-likeness (QED) is 0.823. The minimum Gasteiger partial charge on any atom is -0.352 e.